The van der Waals surface area contributed by atoms with E-state index in [-0.39, 0.29) is 5.91 Å². The minimum Gasteiger partial charge on any atom is -0.335 e. The van der Waals surface area contributed by atoms with Crippen molar-refractivity contribution in [2.45, 2.75) is 20.4 Å². The molecule has 15 heavy (non-hydrogen) atoms. The molecule has 0 heterocycles. The molecule has 1 rings (SSSR count). The summed E-state index contributed by atoms with van der Waals surface area (Å²) in [6.07, 6.45) is 3.95. The van der Waals surface area contributed by atoms with Crippen molar-refractivity contribution in [3.63, 3.8) is 0 Å². The Labute approximate surface area is 91.2 Å². The molecule has 0 saturated carbocycles. The Hall–Kier alpha value is -1.57. The minimum absolute atomic E-state index is 0.108. The maximum absolute atomic E-state index is 11.3. The van der Waals surface area contributed by atoms with E-state index in [0.717, 1.165) is 5.56 Å². The quantitative estimate of drug-likeness (QED) is 0.689. The van der Waals surface area contributed by atoms with Crippen LogP contribution >= 0.6 is 0 Å². The number of benzene rings is 1. The minimum atomic E-state index is 0.108. The van der Waals surface area contributed by atoms with E-state index in [2.05, 4.69) is 0 Å². The Morgan fingerprint density at radius 3 is 2.53 bits per heavy atom. The first kappa shape index (κ1) is 11.5. The van der Waals surface area contributed by atoms with Gasteiger partial charge in [-0.3, -0.25) is 4.79 Å². The number of hydrogen-bond donors (Lipinski definition) is 0. The second-order valence-electron chi connectivity index (χ2n) is 3.45. The Morgan fingerprint density at radius 2 is 2.00 bits per heavy atom. The second-order valence-corrected chi connectivity index (χ2v) is 3.45. The van der Waals surface area contributed by atoms with Gasteiger partial charge in [0.1, 0.15) is 0 Å². The third kappa shape index (κ3) is 3.98. The molecule has 0 spiro atoms. The third-order valence-electron chi connectivity index (χ3n) is 2.22. The zero-order valence-electron chi connectivity index (χ0n) is 9.31. The van der Waals surface area contributed by atoms with E-state index in [4.69, 9.17) is 0 Å². The molecule has 1 aromatic rings. The number of nitrogens with zero attached hydrogens (tertiary/aromatic N) is 1. The average molecular weight is 203 g/mol. The molecule has 0 fully saturated rings. The molecule has 2 heteroatoms. The van der Waals surface area contributed by atoms with Crippen LogP contribution < -0.4 is 0 Å². The average Bonchev–Trinajstić information content (AvgIpc) is 2.25. The molecule has 0 aliphatic carbocycles. The molecule has 0 N–H and O–H groups in total. The Bertz CT molecular complexity index is 330. The molecule has 0 atom stereocenters. The van der Waals surface area contributed by atoms with Crippen LogP contribution in [-0.4, -0.2) is 17.4 Å². The smallest absolute Gasteiger partial charge is 0.220 e. The lowest BCUT2D eigenvalue weighted by molar-refractivity contribution is -0.128. The molecule has 0 aliphatic rings. The fourth-order valence-electron chi connectivity index (χ4n) is 1.34. The predicted octanol–water partition coefficient (Wildman–Crippen LogP) is 2.61. The van der Waals surface area contributed by atoms with E-state index < -0.39 is 0 Å². The van der Waals surface area contributed by atoms with Crippen LogP contribution in [0.2, 0.25) is 0 Å². The highest BCUT2D eigenvalue weighted by molar-refractivity contribution is 5.73. The van der Waals surface area contributed by atoms with Gasteiger partial charge in [0.25, 0.3) is 0 Å². The normalized spacial score (nSPS) is 10.5. The molecule has 0 unspecified atom stereocenters. The Kier molecular flexibility index (Phi) is 4.61. The standard InChI is InChI=1S/C13H17NO/c1-3-4-10-14(12(2)15)11-13-8-6-5-7-9-13/h3-9H,10-11H2,1-2H3/b4-3+. The molecule has 80 valence electrons. The number of amides is 1. The Balaban J connectivity index is 2.63. The summed E-state index contributed by atoms with van der Waals surface area (Å²) in [5.74, 6) is 0.108. The van der Waals surface area contributed by atoms with Crippen LogP contribution in [-0.2, 0) is 11.3 Å². The lowest BCUT2D eigenvalue weighted by Crippen LogP contribution is -2.28. The van der Waals surface area contributed by atoms with Crippen molar-refractivity contribution in [1.82, 2.24) is 4.90 Å². The number of hydrogen-bond acceptors (Lipinski definition) is 1. The van der Waals surface area contributed by atoms with E-state index >= 15 is 0 Å². The number of carbonyl (C=O) groups excluding carboxylic acids is 1. The summed E-state index contributed by atoms with van der Waals surface area (Å²) in [4.78, 5) is 13.2. The number of allylic oxidation sites excluding steroid dienone is 1. The SMILES string of the molecule is C/C=C/CN(Cc1ccccc1)C(C)=O. The number of rotatable bonds is 4. The molecular formula is C13H17NO. The molecular weight excluding hydrogens is 186 g/mol. The van der Waals surface area contributed by atoms with Crippen LogP contribution in [0.3, 0.4) is 0 Å². The van der Waals surface area contributed by atoms with Crippen LogP contribution in [0.25, 0.3) is 0 Å². The van der Waals surface area contributed by atoms with Gasteiger partial charge in [-0.1, -0.05) is 42.5 Å². The topological polar surface area (TPSA) is 20.3 Å². The van der Waals surface area contributed by atoms with E-state index in [9.17, 15) is 4.79 Å². The fourth-order valence-corrected chi connectivity index (χ4v) is 1.34. The van der Waals surface area contributed by atoms with Gasteiger partial charge in [0, 0.05) is 20.0 Å². The summed E-state index contributed by atoms with van der Waals surface area (Å²) in [6.45, 7) is 4.93. The molecule has 0 bridgehead atoms. The molecule has 0 aromatic heterocycles. The molecule has 0 saturated heterocycles. The third-order valence-corrected chi connectivity index (χ3v) is 2.22. The van der Waals surface area contributed by atoms with Crippen LogP contribution in [0, 0.1) is 0 Å². The lowest BCUT2D eigenvalue weighted by Gasteiger charge is -2.19. The summed E-state index contributed by atoms with van der Waals surface area (Å²) in [5.41, 5.74) is 1.16. The monoisotopic (exact) mass is 203 g/mol. The Morgan fingerprint density at radius 1 is 1.33 bits per heavy atom. The molecule has 1 aromatic carbocycles. The van der Waals surface area contributed by atoms with Crippen molar-refractivity contribution in [2.75, 3.05) is 6.54 Å². The highest BCUT2D eigenvalue weighted by Gasteiger charge is 2.06. The van der Waals surface area contributed by atoms with E-state index in [1.54, 1.807) is 6.92 Å². The van der Waals surface area contributed by atoms with Gasteiger partial charge in [-0.2, -0.15) is 0 Å². The summed E-state index contributed by atoms with van der Waals surface area (Å²) >= 11 is 0. The highest BCUT2D eigenvalue weighted by Crippen LogP contribution is 2.04. The van der Waals surface area contributed by atoms with Gasteiger partial charge >= 0.3 is 0 Å². The first-order valence-electron chi connectivity index (χ1n) is 5.14. The van der Waals surface area contributed by atoms with Crippen LogP contribution in [0.4, 0.5) is 0 Å². The van der Waals surface area contributed by atoms with Gasteiger partial charge in [-0.15, -0.1) is 0 Å². The van der Waals surface area contributed by atoms with Crippen molar-refractivity contribution in [3.8, 4) is 0 Å². The van der Waals surface area contributed by atoms with Gasteiger partial charge in [0.2, 0.25) is 5.91 Å². The van der Waals surface area contributed by atoms with E-state index in [0.29, 0.717) is 13.1 Å². The second kappa shape index (κ2) is 6.02. The maximum Gasteiger partial charge on any atom is 0.220 e. The highest BCUT2D eigenvalue weighted by atomic mass is 16.2. The summed E-state index contributed by atoms with van der Waals surface area (Å²) in [7, 11) is 0. The maximum atomic E-state index is 11.3. The lowest BCUT2D eigenvalue weighted by atomic mass is 10.2. The molecule has 1 amide bonds. The first-order valence-corrected chi connectivity index (χ1v) is 5.14. The van der Waals surface area contributed by atoms with Gasteiger partial charge in [0.05, 0.1) is 0 Å². The summed E-state index contributed by atoms with van der Waals surface area (Å²) < 4.78 is 0. The summed E-state index contributed by atoms with van der Waals surface area (Å²) in [6, 6.07) is 10.0. The van der Waals surface area contributed by atoms with E-state index in [1.165, 1.54) is 0 Å². The van der Waals surface area contributed by atoms with Crippen LogP contribution in [0.15, 0.2) is 42.5 Å². The largest absolute Gasteiger partial charge is 0.335 e. The van der Waals surface area contributed by atoms with Crippen molar-refractivity contribution >= 4 is 5.91 Å². The predicted molar refractivity (Wildman–Crippen MR) is 62.3 cm³/mol. The fraction of sp³-hybridized carbons (Fsp3) is 0.308. The summed E-state index contributed by atoms with van der Waals surface area (Å²) in [5, 5.41) is 0. The first-order chi connectivity index (χ1) is 7.24. The van der Waals surface area contributed by atoms with Crippen LogP contribution in [0.1, 0.15) is 19.4 Å². The van der Waals surface area contributed by atoms with Gasteiger partial charge in [-0.05, 0) is 12.5 Å². The zero-order valence-corrected chi connectivity index (χ0v) is 9.31. The van der Waals surface area contributed by atoms with Crippen molar-refractivity contribution in [1.29, 1.82) is 0 Å². The molecule has 2 nitrogen and oxygen atoms in total. The molecule has 0 aliphatic heterocycles. The van der Waals surface area contributed by atoms with E-state index in [1.807, 2.05) is 54.3 Å². The number of carbonyl (C=O) groups is 1. The van der Waals surface area contributed by atoms with Crippen molar-refractivity contribution < 1.29 is 4.79 Å². The van der Waals surface area contributed by atoms with Gasteiger partial charge in [0.15, 0.2) is 0 Å². The van der Waals surface area contributed by atoms with Gasteiger partial charge in [-0.25, -0.2) is 0 Å². The van der Waals surface area contributed by atoms with Crippen molar-refractivity contribution in [3.05, 3.63) is 48.0 Å². The van der Waals surface area contributed by atoms with Gasteiger partial charge < -0.3 is 4.90 Å². The molecule has 0 radical (unpaired) electrons. The van der Waals surface area contributed by atoms with Crippen LogP contribution in [0.5, 0.6) is 0 Å². The van der Waals surface area contributed by atoms with Crippen molar-refractivity contribution in [2.24, 2.45) is 0 Å². The zero-order chi connectivity index (χ0) is 11.1.